The fourth-order valence-electron chi connectivity index (χ4n) is 4.27. The van der Waals surface area contributed by atoms with Gasteiger partial charge in [-0.1, -0.05) is 18.2 Å². The van der Waals surface area contributed by atoms with Gasteiger partial charge in [-0.25, -0.2) is 9.37 Å². The Morgan fingerprint density at radius 1 is 1.09 bits per heavy atom. The van der Waals surface area contributed by atoms with Crippen molar-refractivity contribution in [2.75, 3.05) is 12.9 Å². The van der Waals surface area contributed by atoms with Crippen LogP contribution in [0.1, 0.15) is 40.1 Å². The van der Waals surface area contributed by atoms with Crippen molar-refractivity contribution >= 4 is 39.1 Å². The molecule has 34 heavy (non-hydrogen) atoms. The molecular formula is C26H23FN2O3S2. The van der Waals surface area contributed by atoms with Gasteiger partial charge < -0.3 is 4.74 Å². The number of methoxy groups -OCH3 is 1. The molecule has 5 nitrogen and oxygen atoms in total. The number of aromatic nitrogens is 2. The van der Waals surface area contributed by atoms with Crippen molar-refractivity contribution in [3.05, 3.63) is 80.7 Å². The van der Waals surface area contributed by atoms with Gasteiger partial charge in [0.15, 0.2) is 10.9 Å². The van der Waals surface area contributed by atoms with Crippen molar-refractivity contribution in [3.63, 3.8) is 0 Å². The molecule has 0 amide bonds. The van der Waals surface area contributed by atoms with Crippen LogP contribution in [0, 0.1) is 5.82 Å². The number of ether oxygens (including phenoxy) is 1. The number of Topliss-reactive ketones (excluding diaryl/α,β-unsaturated/α-hetero) is 1. The first-order valence-electron chi connectivity index (χ1n) is 11.2. The predicted molar refractivity (Wildman–Crippen MR) is 134 cm³/mol. The number of thiophene rings is 1. The molecule has 2 aromatic heterocycles. The van der Waals surface area contributed by atoms with Crippen molar-refractivity contribution in [1.29, 1.82) is 0 Å². The number of fused-ring (bicyclic) bond motifs is 3. The molecule has 174 valence electrons. The van der Waals surface area contributed by atoms with Gasteiger partial charge in [0.2, 0.25) is 0 Å². The van der Waals surface area contributed by atoms with Crippen LogP contribution >= 0.6 is 23.1 Å². The van der Waals surface area contributed by atoms with Gasteiger partial charge in [-0.3, -0.25) is 14.2 Å². The lowest BCUT2D eigenvalue weighted by Gasteiger charge is -2.13. The second-order valence-electron chi connectivity index (χ2n) is 8.20. The zero-order chi connectivity index (χ0) is 23.7. The second-order valence-corrected chi connectivity index (χ2v) is 10.2. The number of aryl methyl sites for hydroxylation is 2. The summed E-state index contributed by atoms with van der Waals surface area (Å²) in [4.78, 5) is 33.5. The maximum Gasteiger partial charge on any atom is 0.267 e. The van der Waals surface area contributed by atoms with Gasteiger partial charge in [0.05, 0.1) is 23.9 Å². The molecule has 0 saturated carbocycles. The summed E-state index contributed by atoms with van der Waals surface area (Å²) in [6, 6.07) is 12.7. The number of carbonyl (C=O) groups excluding carboxylic acids is 1. The van der Waals surface area contributed by atoms with E-state index in [9.17, 15) is 14.0 Å². The molecule has 0 unspecified atom stereocenters. The Balaban J connectivity index is 1.59. The molecule has 2 heterocycles. The minimum absolute atomic E-state index is 0.0881. The third kappa shape index (κ3) is 4.40. The Kier molecular flexibility index (Phi) is 6.52. The standard InChI is InChI=1S/C26H23FN2O3S2/c1-32-19-13-11-18(12-14-19)29-25(31)23-20-5-3-2-4-6-22(20)34-24(23)28-26(29)33-15-21(30)16-7-9-17(27)10-8-16/h7-14H,2-6,15H2,1H3. The van der Waals surface area contributed by atoms with E-state index < -0.39 is 0 Å². The number of carbonyl (C=O) groups is 1. The summed E-state index contributed by atoms with van der Waals surface area (Å²) in [5.41, 5.74) is 2.13. The summed E-state index contributed by atoms with van der Waals surface area (Å²) in [6.45, 7) is 0. The Bertz CT molecular complexity index is 1410. The summed E-state index contributed by atoms with van der Waals surface area (Å²) >= 11 is 2.82. The quantitative estimate of drug-likeness (QED) is 0.146. The molecular weight excluding hydrogens is 471 g/mol. The number of halogens is 1. The van der Waals surface area contributed by atoms with Crippen LogP contribution in [0.4, 0.5) is 4.39 Å². The maximum absolute atomic E-state index is 13.9. The van der Waals surface area contributed by atoms with Gasteiger partial charge in [-0.05, 0) is 79.8 Å². The van der Waals surface area contributed by atoms with Crippen LogP contribution in [-0.4, -0.2) is 28.2 Å². The van der Waals surface area contributed by atoms with Gasteiger partial charge >= 0.3 is 0 Å². The molecule has 0 atom stereocenters. The monoisotopic (exact) mass is 494 g/mol. The number of hydrogen-bond donors (Lipinski definition) is 0. The zero-order valence-corrected chi connectivity index (χ0v) is 20.3. The van der Waals surface area contributed by atoms with E-state index in [0.29, 0.717) is 27.5 Å². The SMILES string of the molecule is COc1ccc(-n2c(SCC(=O)c3ccc(F)cc3)nc3sc4c(c3c2=O)CCCCC4)cc1. The van der Waals surface area contributed by atoms with E-state index in [1.807, 2.05) is 12.1 Å². The molecule has 0 radical (unpaired) electrons. The van der Waals surface area contributed by atoms with Crippen LogP contribution in [0.25, 0.3) is 15.9 Å². The van der Waals surface area contributed by atoms with Crippen LogP contribution < -0.4 is 10.3 Å². The van der Waals surface area contributed by atoms with Crippen LogP contribution in [-0.2, 0) is 12.8 Å². The Hall–Kier alpha value is -2.97. The van der Waals surface area contributed by atoms with Crippen molar-refractivity contribution in [2.45, 2.75) is 37.3 Å². The fourth-order valence-corrected chi connectivity index (χ4v) is 6.48. The average Bonchev–Trinajstić information content (AvgIpc) is 3.04. The van der Waals surface area contributed by atoms with Gasteiger partial charge in [0, 0.05) is 10.4 Å². The van der Waals surface area contributed by atoms with E-state index >= 15 is 0 Å². The van der Waals surface area contributed by atoms with E-state index in [2.05, 4.69) is 0 Å². The highest BCUT2D eigenvalue weighted by Gasteiger charge is 2.23. The van der Waals surface area contributed by atoms with Gasteiger partial charge in [-0.2, -0.15) is 0 Å². The zero-order valence-electron chi connectivity index (χ0n) is 18.7. The van der Waals surface area contributed by atoms with Crippen LogP contribution in [0.2, 0.25) is 0 Å². The van der Waals surface area contributed by atoms with Crippen molar-refractivity contribution in [3.8, 4) is 11.4 Å². The molecule has 1 aliphatic carbocycles. The highest BCUT2D eigenvalue weighted by atomic mass is 32.2. The number of nitrogens with zero attached hydrogens (tertiary/aromatic N) is 2. The summed E-state index contributed by atoms with van der Waals surface area (Å²) in [5.74, 6) is 0.241. The van der Waals surface area contributed by atoms with E-state index in [1.54, 1.807) is 35.1 Å². The minimum Gasteiger partial charge on any atom is -0.497 e. The Labute approximate surface area is 204 Å². The maximum atomic E-state index is 13.9. The molecule has 0 fully saturated rings. The minimum atomic E-state index is -0.387. The predicted octanol–water partition coefficient (Wildman–Crippen LogP) is 5.84. The van der Waals surface area contributed by atoms with E-state index in [-0.39, 0.29) is 22.9 Å². The Morgan fingerprint density at radius 2 is 1.82 bits per heavy atom. The van der Waals surface area contributed by atoms with Crippen molar-refractivity contribution in [1.82, 2.24) is 9.55 Å². The lowest BCUT2D eigenvalue weighted by atomic mass is 10.1. The number of hydrogen-bond acceptors (Lipinski definition) is 6. The van der Waals surface area contributed by atoms with Crippen molar-refractivity contribution in [2.24, 2.45) is 0 Å². The smallest absolute Gasteiger partial charge is 0.267 e. The lowest BCUT2D eigenvalue weighted by molar-refractivity contribution is 0.102. The highest BCUT2D eigenvalue weighted by molar-refractivity contribution is 7.99. The van der Waals surface area contributed by atoms with E-state index in [1.165, 1.54) is 47.3 Å². The molecule has 0 aliphatic heterocycles. The van der Waals surface area contributed by atoms with Gasteiger partial charge in [0.25, 0.3) is 5.56 Å². The third-order valence-corrected chi connectivity index (χ3v) is 8.16. The number of ketones is 1. The normalized spacial score (nSPS) is 13.5. The van der Waals surface area contributed by atoms with Crippen LogP contribution in [0.3, 0.4) is 0 Å². The average molecular weight is 495 g/mol. The summed E-state index contributed by atoms with van der Waals surface area (Å²) < 4.78 is 20.1. The van der Waals surface area contributed by atoms with Gasteiger partial charge in [0.1, 0.15) is 16.4 Å². The van der Waals surface area contributed by atoms with Crippen LogP contribution in [0.15, 0.2) is 58.5 Å². The van der Waals surface area contributed by atoms with E-state index in [0.717, 1.165) is 36.1 Å². The molecule has 0 N–H and O–H groups in total. The fraction of sp³-hybridized carbons (Fsp3) is 0.269. The first kappa shape index (κ1) is 22.8. The second kappa shape index (κ2) is 9.72. The number of rotatable bonds is 6. The molecule has 0 saturated heterocycles. The molecule has 0 spiro atoms. The molecule has 8 heteroatoms. The van der Waals surface area contributed by atoms with Gasteiger partial charge in [-0.15, -0.1) is 11.3 Å². The molecule has 0 bridgehead atoms. The summed E-state index contributed by atoms with van der Waals surface area (Å²) in [5, 5.41) is 1.17. The van der Waals surface area contributed by atoms with Crippen LogP contribution in [0.5, 0.6) is 5.75 Å². The third-order valence-electron chi connectivity index (χ3n) is 6.04. The summed E-state index contributed by atoms with van der Waals surface area (Å²) in [7, 11) is 1.59. The number of benzene rings is 2. The summed E-state index contributed by atoms with van der Waals surface area (Å²) in [6.07, 6.45) is 5.24. The number of thioether (sulfide) groups is 1. The lowest BCUT2D eigenvalue weighted by Crippen LogP contribution is -2.22. The largest absolute Gasteiger partial charge is 0.497 e. The highest BCUT2D eigenvalue weighted by Crippen LogP contribution is 2.35. The topological polar surface area (TPSA) is 61.2 Å². The first-order valence-corrected chi connectivity index (χ1v) is 13.0. The molecule has 1 aliphatic rings. The molecule has 2 aromatic carbocycles. The van der Waals surface area contributed by atoms with Crippen molar-refractivity contribution < 1.29 is 13.9 Å². The molecule has 5 rings (SSSR count). The first-order chi connectivity index (χ1) is 16.5. The Morgan fingerprint density at radius 3 is 2.56 bits per heavy atom. The molecule has 4 aromatic rings. The van der Waals surface area contributed by atoms with E-state index in [4.69, 9.17) is 9.72 Å².